The fourth-order valence-corrected chi connectivity index (χ4v) is 3.95. The van der Waals surface area contributed by atoms with Crippen LogP contribution in [0.2, 0.25) is 0 Å². The van der Waals surface area contributed by atoms with E-state index >= 15 is 0 Å². The summed E-state index contributed by atoms with van der Waals surface area (Å²) in [5, 5.41) is 3.82. The van der Waals surface area contributed by atoms with Crippen LogP contribution in [0.3, 0.4) is 0 Å². The summed E-state index contributed by atoms with van der Waals surface area (Å²) in [5.41, 5.74) is 1.24. The lowest BCUT2D eigenvalue weighted by atomic mass is 9.89. The molecule has 114 valence electrons. The number of halogens is 1. The third-order valence-corrected chi connectivity index (χ3v) is 5.51. The normalized spacial score (nSPS) is 34.1. The van der Waals surface area contributed by atoms with Crippen LogP contribution < -0.4 is 5.32 Å². The highest BCUT2D eigenvalue weighted by Gasteiger charge is 2.48. The van der Waals surface area contributed by atoms with E-state index in [9.17, 15) is 4.39 Å². The Bertz CT molecular complexity index is 527. The molecule has 1 aromatic rings. The van der Waals surface area contributed by atoms with Gasteiger partial charge >= 0.3 is 0 Å². The highest BCUT2D eigenvalue weighted by Crippen LogP contribution is 2.44. The number of aromatic nitrogens is 1. The standard InChI is InChI=1S/C17H24FN3/c1-17(14-4-5-14)11-21(16(9-20-17)13-2-3-13)10-12-6-15(18)8-19-7-12/h6-8,13-14,16,20H,2-5,9-11H2,1H3. The van der Waals surface area contributed by atoms with Crippen molar-refractivity contribution >= 4 is 0 Å². The fraction of sp³-hybridized carbons (Fsp3) is 0.706. The molecule has 1 aromatic heterocycles. The Hall–Kier alpha value is -1.00. The number of nitrogens with zero attached hydrogens (tertiary/aromatic N) is 2. The predicted octanol–water partition coefficient (Wildman–Crippen LogP) is 2.57. The van der Waals surface area contributed by atoms with Gasteiger partial charge in [0.15, 0.2) is 0 Å². The van der Waals surface area contributed by atoms with Crippen LogP contribution in [0.4, 0.5) is 4.39 Å². The van der Waals surface area contributed by atoms with E-state index in [-0.39, 0.29) is 11.4 Å². The lowest BCUT2D eigenvalue weighted by molar-refractivity contribution is 0.0577. The molecule has 2 aliphatic carbocycles. The molecule has 1 saturated heterocycles. The van der Waals surface area contributed by atoms with Gasteiger partial charge in [0.2, 0.25) is 0 Å². The van der Waals surface area contributed by atoms with Crippen LogP contribution in [0.1, 0.15) is 38.2 Å². The van der Waals surface area contributed by atoms with Crippen molar-refractivity contribution in [2.24, 2.45) is 11.8 Å². The number of hydrogen-bond acceptors (Lipinski definition) is 3. The first-order chi connectivity index (χ1) is 10.1. The van der Waals surface area contributed by atoms with Gasteiger partial charge in [-0.2, -0.15) is 0 Å². The van der Waals surface area contributed by atoms with E-state index in [1.165, 1.54) is 31.9 Å². The molecular weight excluding hydrogens is 265 g/mol. The molecule has 1 N–H and O–H groups in total. The average Bonchev–Trinajstić information content (AvgIpc) is 3.30. The topological polar surface area (TPSA) is 28.2 Å². The van der Waals surface area contributed by atoms with Crippen LogP contribution in [0.25, 0.3) is 0 Å². The van der Waals surface area contributed by atoms with Gasteiger partial charge in [-0.3, -0.25) is 9.88 Å². The lowest BCUT2D eigenvalue weighted by Gasteiger charge is -2.47. The summed E-state index contributed by atoms with van der Waals surface area (Å²) in [6, 6.07) is 2.24. The molecule has 4 heteroatoms. The molecule has 0 bridgehead atoms. The Kier molecular flexibility index (Phi) is 3.27. The molecule has 2 unspecified atom stereocenters. The first-order valence-electron chi connectivity index (χ1n) is 8.22. The molecule has 1 aliphatic heterocycles. The van der Waals surface area contributed by atoms with E-state index in [4.69, 9.17) is 0 Å². The van der Waals surface area contributed by atoms with Gasteiger partial charge in [-0.1, -0.05) is 0 Å². The van der Waals surface area contributed by atoms with Gasteiger partial charge in [0.25, 0.3) is 0 Å². The molecule has 0 radical (unpaired) electrons. The summed E-state index contributed by atoms with van der Waals surface area (Å²) in [6.07, 6.45) is 8.51. The third-order valence-electron chi connectivity index (χ3n) is 5.51. The molecule has 2 atom stereocenters. The molecule has 4 rings (SSSR count). The van der Waals surface area contributed by atoms with Gasteiger partial charge in [0.1, 0.15) is 5.82 Å². The fourth-order valence-electron chi connectivity index (χ4n) is 3.95. The maximum Gasteiger partial charge on any atom is 0.141 e. The molecular formula is C17H24FN3. The van der Waals surface area contributed by atoms with Crippen LogP contribution in [0.15, 0.2) is 18.5 Å². The zero-order valence-corrected chi connectivity index (χ0v) is 12.7. The van der Waals surface area contributed by atoms with Gasteiger partial charge < -0.3 is 5.32 Å². The van der Waals surface area contributed by atoms with Gasteiger partial charge in [-0.25, -0.2) is 4.39 Å². The van der Waals surface area contributed by atoms with E-state index in [0.29, 0.717) is 6.04 Å². The van der Waals surface area contributed by atoms with Gasteiger partial charge in [-0.15, -0.1) is 0 Å². The van der Waals surface area contributed by atoms with Crippen molar-refractivity contribution in [1.29, 1.82) is 0 Å². The van der Waals surface area contributed by atoms with E-state index in [1.54, 1.807) is 6.07 Å². The van der Waals surface area contributed by atoms with Gasteiger partial charge in [0.05, 0.1) is 6.20 Å². The Morgan fingerprint density at radius 2 is 2.14 bits per heavy atom. The predicted molar refractivity (Wildman–Crippen MR) is 80.2 cm³/mol. The van der Waals surface area contributed by atoms with Crippen molar-refractivity contribution in [3.8, 4) is 0 Å². The summed E-state index contributed by atoms with van der Waals surface area (Å²) in [4.78, 5) is 6.59. The second kappa shape index (κ2) is 5.03. The summed E-state index contributed by atoms with van der Waals surface area (Å²) in [6.45, 7) is 5.36. The van der Waals surface area contributed by atoms with Gasteiger partial charge in [-0.05, 0) is 56.1 Å². The van der Waals surface area contributed by atoms with Crippen LogP contribution in [-0.2, 0) is 6.54 Å². The number of pyridine rings is 1. The van der Waals surface area contributed by atoms with Crippen molar-refractivity contribution in [3.05, 3.63) is 29.8 Å². The smallest absolute Gasteiger partial charge is 0.141 e. The average molecular weight is 289 g/mol. The van der Waals surface area contributed by atoms with Crippen molar-refractivity contribution in [2.45, 2.75) is 50.7 Å². The quantitative estimate of drug-likeness (QED) is 0.923. The molecule has 3 fully saturated rings. The minimum Gasteiger partial charge on any atom is -0.308 e. The minimum atomic E-state index is -0.226. The third kappa shape index (κ3) is 2.84. The largest absolute Gasteiger partial charge is 0.308 e. The van der Waals surface area contributed by atoms with Crippen LogP contribution >= 0.6 is 0 Å². The Morgan fingerprint density at radius 3 is 2.81 bits per heavy atom. The van der Waals surface area contributed by atoms with Crippen molar-refractivity contribution in [3.63, 3.8) is 0 Å². The van der Waals surface area contributed by atoms with Crippen LogP contribution in [-0.4, -0.2) is 34.6 Å². The Balaban J connectivity index is 1.52. The molecule has 2 saturated carbocycles. The van der Waals surface area contributed by atoms with E-state index in [2.05, 4.69) is 22.1 Å². The summed E-state index contributed by atoms with van der Waals surface area (Å²) < 4.78 is 13.4. The van der Waals surface area contributed by atoms with E-state index in [1.807, 2.05) is 6.20 Å². The second-order valence-corrected chi connectivity index (χ2v) is 7.39. The molecule has 0 spiro atoms. The van der Waals surface area contributed by atoms with Gasteiger partial charge in [0, 0.05) is 37.4 Å². The number of piperazine rings is 1. The second-order valence-electron chi connectivity index (χ2n) is 7.39. The molecule has 21 heavy (non-hydrogen) atoms. The van der Waals surface area contributed by atoms with Crippen LogP contribution in [0.5, 0.6) is 0 Å². The Morgan fingerprint density at radius 1 is 1.33 bits per heavy atom. The number of hydrogen-bond donors (Lipinski definition) is 1. The van der Waals surface area contributed by atoms with Crippen LogP contribution in [0, 0.1) is 17.7 Å². The van der Waals surface area contributed by atoms with E-state index < -0.39 is 0 Å². The molecule has 2 heterocycles. The number of nitrogens with one attached hydrogen (secondary N) is 1. The molecule has 0 aromatic carbocycles. The monoisotopic (exact) mass is 289 g/mol. The minimum absolute atomic E-state index is 0.226. The van der Waals surface area contributed by atoms with E-state index in [0.717, 1.165) is 37.0 Å². The maximum absolute atomic E-state index is 13.4. The summed E-state index contributed by atoms with van der Waals surface area (Å²) in [5.74, 6) is 1.43. The van der Waals surface area contributed by atoms with Crippen molar-refractivity contribution in [2.75, 3.05) is 13.1 Å². The first-order valence-corrected chi connectivity index (χ1v) is 8.22. The lowest BCUT2D eigenvalue weighted by Crippen LogP contribution is -2.64. The highest BCUT2D eigenvalue weighted by atomic mass is 19.1. The number of rotatable bonds is 4. The molecule has 0 amide bonds. The molecule has 3 nitrogen and oxygen atoms in total. The van der Waals surface area contributed by atoms with Crippen molar-refractivity contribution in [1.82, 2.24) is 15.2 Å². The summed E-state index contributed by atoms with van der Waals surface area (Å²) in [7, 11) is 0. The molecule has 3 aliphatic rings. The highest BCUT2D eigenvalue weighted by molar-refractivity contribution is 5.13. The SMILES string of the molecule is CC1(C2CC2)CN(Cc2cncc(F)c2)C(C2CC2)CN1. The zero-order chi connectivity index (χ0) is 14.4. The Labute approximate surface area is 125 Å². The van der Waals surface area contributed by atoms with Crippen molar-refractivity contribution < 1.29 is 4.39 Å². The zero-order valence-electron chi connectivity index (χ0n) is 12.7. The first kappa shape index (κ1) is 13.6. The maximum atomic E-state index is 13.4. The summed E-state index contributed by atoms with van der Waals surface area (Å²) >= 11 is 0.